The van der Waals surface area contributed by atoms with Gasteiger partial charge in [0.1, 0.15) is 0 Å². The number of esters is 1. The van der Waals surface area contributed by atoms with E-state index in [1.54, 1.807) is 0 Å². The summed E-state index contributed by atoms with van der Waals surface area (Å²) in [4.78, 5) is 11.0. The number of thiocarbonyl (C=S) groups is 1. The maximum Gasteiger partial charge on any atom is 0.340 e. The van der Waals surface area contributed by atoms with Crippen molar-refractivity contribution in [3.8, 4) is 0 Å². The van der Waals surface area contributed by atoms with Crippen molar-refractivity contribution in [3.63, 3.8) is 0 Å². The van der Waals surface area contributed by atoms with Crippen LogP contribution in [-0.2, 0) is 9.53 Å². The number of hydrogen-bond donors (Lipinski definition) is 2. The van der Waals surface area contributed by atoms with Crippen molar-refractivity contribution in [3.05, 3.63) is 0 Å². The second-order valence-corrected chi connectivity index (χ2v) is 3.56. The molecule has 0 aromatic carbocycles. The van der Waals surface area contributed by atoms with Crippen LogP contribution in [0.15, 0.2) is 0 Å². The third-order valence-corrected chi connectivity index (χ3v) is 2.35. The minimum Gasteiger partial charge on any atom is -0.398 e. The normalized spacial score (nSPS) is 23.1. The molecule has 11 heavy (non-hydrogen) atoms. The number of nitrogens with one attached hydrogen (secondary N) is 1. The summed E-state index contributed by atoms with van der Waals surface area (Å²) in [5.74, 6) is 0.511. The lowest BCUT2D eigenvalue weighted by Gasteiger charge is -2.06. The Balaban J connectivity index is 2.34. The van der Waals surface area contributed by atoms with Crippen molar-refractivity contribution in [2.75, 3.05) is 12.3 Å². The fraction of sp³-hybridized carbons (Fsp3) is 0.600. The van der Waals surface area contributed by atoms with E-state index >= 15 is 0 Å². The fourth-order valence-electron chi connectivity index (χ4n) is 0.730. The number of thioether (sulfide) groups is 1. The molecule has 4 nitrogen and oxygen atoms in total. The highest BCUT2D eigenvalue weighted by Gasteiger charge is 2.24. The van der Waals surface area contributed by atoms with Crippen LogP contribution in [0.1, 0.15) is 0 Å². The molecule has 0 aromatic rings. The lowest BCUT2D eigenvalue weighted by molar-refractivity contribution is -0.135. The molecule has 6 heteroatoms. The van der Waals surface area contributed by atoms with Gasteiger partial charge in [0.25, 0.3) is 5.17 Å². The first-order valence-electron chi connectivity index (χ1n) is 3.06. The monoisotopic (exact) mass is 192 g/mol. The van der Waals surface area contributed by atoms with Gasteiger partial charge in [-0.15, -0.1) is 11.8 Å². The number of carbonyl (C=O) groups is 1. The Hall–Kier alpha value is -0.330. The van der Waals surface area contributed by atoms with Gasteiger partial charge in [-0.05, 0) is 12.2 Å². The molecule has 1 atom stereocenters. The summed E-state index contributed by atoms with van der Waals surface area (Å²) in [6.45, 7) is 0.821. The van der Waals surface area contributed by atoms with Gasteiger partial charge in [-0.1, -0.05) is 0 Å². The first-order chi connectivity index (χ1) is 5.20. The molecule has 0 radical (unpaired) electrons. The van der Waals surface area contributed by atoms with Crippen LogP contribution in [-0.4, -0.2) is 28.8 Å². The molecule has 1 saturated heterocycles. The van der Waals surface area contributed by atoms with E-state index < -0.39 is 5.97 Å². The van der Waals surface area contributed by atoms with E-state index in [1.807, 2.05) is 0 Å². The number of ether oxygens (including phenoxy) is 1. The van der Waals surface area contributed by atoms with Crippen molar-refractivity contribution in [1.29, 1.82) is 0 Å². The zero-order valence-corrected chi connectivity index (χ0v) is 7.33. The van der Waals surface area contributed by atoms with Crippen molar-refractivity contribution < 1.29 is 9.53 Å². The summed E-state index contributed by atoms with van der Waals surface area (Å²) in [5, 5.41) is 2.42. The standard InChI is InChI=1S/C5H8N2O2S2/c6-5(10)9-4(8)3-7-1-2-11-3/h3,7H,1-2H2,(H2,6,10). The van der Waals surface area contributed by atoms with Crippen LogP contribution in [0.25, 0.3) is 0 Å². The predicted molar refractivity (Wildman–Crippen MR) is 47.1 cm³/mol. The van der Waals surface area contributed by atoms with Gasteiger partial charge in [-0.3, -0.25) is 5.32 Å². The number of rotatable bonds is 1. The Morgan fingerprint density at radius 1 is 1.82 bits per heavy atom. The van der Waals surface area contributed by atoms with Crippen molar-refractivity contribution in [1.82, 2.24) is 5.32 Å². The molecule has 1 aliphatic rings. The quantitative estimate of drug-likeness (QED) is 0.429. The number of nitrogens with two attached hydrogens (primary N) is 1. The van der Waals surface area contributed by atoms with Crippen LogP contribution in [0.5, 0.6) is 0 Å². The van der Waals surface area contributed by atoms with E-state index in [0.29, 0.717) is 0 Å². The van der Waals surface area contributed by atoms with Gasteiger partial charge >= 0.3 is 5.97 Å². The van der Waals surface area contributed by atoms with Crippen molar-refractivity contribution in [2.45, 2.75) is 5.37 Å². The molecule has 0 spiro atoms. The van der Waals surface area contributed by atoms with Crippen LogP contribution in [0.2, 0.25) is 0 Å². The smallest absolute Gasteiger partial charge is 0.340 e. The SMILES string of the molecule is NC(=S)OC(=O)C1NCCS1. The molecular weight excluding hydrogens is 184 g/mol. The van der Waals surface area contributed by atoms with E-state index in [0.717, 1.165) is 12.3 Å². The van der Waals surface area contributed by atoms with Crippen LogP contribution in [0.4, 0.5) is 0 Å². The molecule has 0 bridgehead atoms. The molecule has 1 rings (SSSR count). The maximum absolute atomic E-state index is 11.0. The molecule has 0 aliphatic carbocycles. The summed E-state index contributed by atoms with van der Waals surface area (Å²) in [6, 6.07) is 0. The highest BCUT2D eigenvalue weighted by molar-refractivity contribution is 8.00. The van der Waals surface area contributed by atoms with E-state index in [1.165, 1.54) is 11.8 Å². The van der Waals surface area contributed by atoms with Crippen molar-refractivity contribution >= 4 is 35.1 Å². The minimum absolute atomic E-state index is 0.218. The first-order valence-corrected chi connectivity index (χ1v) is 4.52. The van der Waals surface area contributed by atoms with Crippen LogP contribution >= 0.6 is 24.0 Å². The average Bonchev–Trinajstić information content (AvgIpc) is 2.35. The lowest BCUT2D eigenvalue weighted by atomic mass is 10.6. The van der Waals surface area contributed by atoms with Gasteiger partial charge in [-0.2, -0.15) is 0 Å². The highest BCUT2D eigenvalue weighted by atomic mass is 32.2. The molecule has 0 aromatic heterocycles. The summed E-state index contributed by atoms with van der Waals surface area (Å²) in [7, 11) is 0. The number of hydrogen-bond acceptors (Lipinski definition) is 5. The average molecular weight is 192 g/mol. The molecule has 1 unspecified atom stereocenters. The van der Waals surface area contributed by atoms with Gasteiger partial charge in [-0.25, -0.2) is 4.79 Å². The zero-order valence-electron chi connectivity index (χ0n) is 5.70. The van der Waals surface area contributed by atoms with Gasteiger partial charge in [0.05, 0.1) is 0 Å². The largest absolute Gasteiger partial charge is 0.398 e. The molecule has 1 aliphatic heterocycles. The third kappa shape index (κ3) is 2.64. The van der Waals surface area contributed by atoms with Gasteiger partial charge < -0.3 is 10.5 Å². The highest BCUT2D eigenvalue weighted by Crippen LogP contribution is 2.14. The Morgan fingerprint density at radius 3 is 3.00 bits per heavy atom. The Bertz CT molecular complexity index is 179. The summed E-state index contributed by atoms with van der Waals surface area (Å²) >= 11 is 5.90. The molecule has 3 N–H and O–H groups in total. The molecular formula is C5H8N2O2S2. The Labute approximate surface area is 73.8 Å². The van der Waals surface area contributed by atoms with Gasteiger partial charge in [0.2, 0.25) is 0 Å². The van der Waals surface area contributed by atoms with Crippen LogP contribution in [0.3, 0.4) is 0 Å². The molecule has 62 valence electrons. The van der Waals surface area contributed by atoms with Gasteiger partial charge in [0.15, 0.2) is 5.37 Å². The first kappa shape index (κ1) is 8.76. The number of carbonyl (C=O) groups excluding carboxylic acids is 1. The van der Waals surface area contributed by atoms with E-state index in [9.17, 15) is 4.79 Å². The van der Waals surface area contributed by atoms with E-state index in [-0.39, 0.29) is 10.5 Å². The molecule has 0 amide bonds. The third-order valence-electron chi connectivity index (χ3n) is 1.13. The topological polar surface area (TPSA) is 64.3 Å². The van der Waals surface area contributed by atoms with Crippen LogP contribution in [0, 0.1) is 0 Å². The summed E-state index contributed by atoms with van der Waals surface area (Å²) in [6.07, 6.45) is 0. The fourth-order valence-corrected chi connectivity index (χ4v) is 1.70. The van der Waals surface area contributed by atoms with Crippen LogP contribution < -0.4 is 11.1 Å². The second-order valence-electron chi connectivity index (χ2n) is 1.95. The van der Waals surface area contributed by atoms with Crippen molar-refractivity contribution in [2.24, 2.45) is 5.73 Å². The van der Waals surface area contributed by atoms with E-state index in [4.69, 9.17) is 5.73 Å². The summed E-state index contributed by atoms with van der Waals surface area (Å²) in [5.41, 5.74) is 5.01. The predicted octanol–water partition coefficient (Wildman–Crippen LogP) is -0.564. The maximum atomic E-state index is 11.0. The molecule has 1 heterocycles. The molecule has 1 fully saturated rings. The Kier molecular flexibility index (Phi) is 3.10. The Morgan fingerprint density at radius 2 is 2.55 bits per heavy atom. The summed E-state index contributed by atoms with van der Waals surface area (Å²) < 4.78 is 4.52. The van der Waals surface area contributed by atoms with E-state index in [2.05, 4.69) is 22.3 Å². The van der Waals surface area contributed by atoms with Gasteiger partial charge in [0, 0.05) is 12.3 Å². The lowest BCUT2D eigenvalue weighted by Crippen LogP contribution is -2.33. The second kappa shape index (κ2) is 3.89. The molecule has 0 saturated carbocycles. The zero-order chi connectivity index (χ0) is 8.27. The minimum atomic E-state index is -0.403.